The maximum atomic E-state index is 10.8. The molecule has 0 fully saturated rings. The van der Waals surface area contributed by atoms with E-state index in [4.69, 9.17) is 9.63 Å². The summed E-state index contributed by atoms with van der Waals surface area (Å²) in [7, 11) is 0. The van der Waals surface area contributed by atoms with Crippen LogP contribution in [0, 0.1) is 0 Å². The Hall–Kier alpha value is -2.37. The third-order valence-corrected chi connectivity index (χ3v) is 2.54. The van der Waals surface area contributed by atoms with Crippen LogP contribution >= 0.6 is 0 Å². The number of anilines is 1. The van der Waals surface area contributed by atoms with Crippen LogP contribution in [0.5, 0.6) is 0 Å². The average molecular weight is 261 g/mol. The van der Waals surface area contributed by atoms with Gasteiger partial charge in [-0.05, 0) is 23.7 Å². The van der Waals surface area contributed by atoms with Gasteiger partial charge >= 0.3 is 5.97 Å². The van der Waals surface area contributed by atoms with Crippen molar-refractivity contribution in [3.63, 3.8) is 0 Å². The lowest BCUT2D eigenvalue weighted by Crippen LogP contribution is -2.31. The minimum atomic E-state index is -0.917. The first-order chi connectivity index (χ1) is 9.20. The molecule has 1 N–H and O–H groups in total. The van der Waals surface area contributed by atoms with Crippen LogP contribution in [-0.2, 0) is 4.79 Å². The van der Waals surface area contributed by atoms with E-state index in [1.165, 1.54) is 0 Å². The van der Waals surface area contributed by atoms with Gasteiger partial charge in [-0.3, -0.25) is 4.79 Å². The fourth-order valence-electron chi connectivity index (χ4n) is 1.73. The average Bonchev–Trinajstić information content (AvgIpc) is 2.88. The van der Waals surface area contributed by atoms with Gasteiger partial charge in [0.05, 0.1) is 0 Å². The van der Waals surface area contributed by atoms with Gasteiger partial charge in [0.25, 0.3) is 11.8 Å². The third-order valence-electron chi connectivity index (χ3n) is 2.54. The fourth-order valence-corrected chi connectivity index (χ4v) is 1.73. The van der Waals surface area contributed by atoms with Crippen LogP contribution in [0.1, 0.15) is 13.3 Å². The molecule has 0 aliphatic carbocycles. The normalized spacial score (nSPS) is 10.4. The van der Waals surface area contributed by atoms with Gasteiger partial charge in [-0.2, -0.15) is 4.98 Å². The Kier molecular flexibility index (Phi) is 4.12. The van der Waals surface area contributed by atoms with Gasteiger partial charge in [-0.25, -0.2) is 0 Å². The van der Waals surface area contributed by atoms with Crippen molar-refractivity contribution in [2.45, 2.75) is 13.3 Å². The van der Waals surface area contributed by atoms with Gasteiger partial charge < -0.3 is 14.5 Å². The number of hydrogen-bond donors (Lipinski definition) is 1. The molecule has 0 amide bonds. The molecule has 19 heavy (non-hydrogen) atoms. The standard InChI is InChI=1S/C13H15N3O3/c1-2-8-16(9-11(17)18)13-14-12(19-15-13)10-6-4-3-5-7-10/h3-7H,2,8-9H2,1H3,(H,17,18). The van der Waals surface area contributed by atoms with Crippen LogP contribution in [0.25, 0.3) is 11.5 Å². The number of nitrogens with zero attached hydrogens (tertiary/aromatic N) is 3. The van der Waals surface area contributed by atoms with Crippen molar-refractivity contribution in [3.8, 4) is 11.5 Å². The van der Waals surface area contributed by atoms with E-state index in [1.54, 1.807) is 4.90 Å². The van der Waals surface area contributed by atoms with Crippen molar-refractivity contribution < 1.29 is 14.4 Å². The highest BCUT2D eigenvalue weighted by Crippen LogP contribution is 2.19. The number of rotatable bonds is 6. The zero-order valence-electron chi connectivity index (χ0n) is 10.6. The van der Waals surface area contributed by atoms with E-state index in [0.717, 1.165) is 12.0 Å². The molecule has 0 aliphatic heterocycles. The Morgan fingerprint density at radius 3 is 2.74 bits per heavy atom. The molecule has 1 aromatic heterocycles. The van der Waals surface area contributed by atoms with Crippen LogP contribution < -0.4 is 4.90 Å². The molecular weight excluding hydrogens is 246 g/mol. The summed E-state index contributed by atoms with van der Waals surface area (Å²) < 4.78 is 5.16. The number of carboxylic acid groups (broad SMARTS) is 1. The molecule has 0 saturated heterocycles. The Morgan fingerprint density at radius 2 is 2.11 bits per heavy atom. The predicted octanol–water partition coefficient (Wildman–Crippen LogP) is 2.04. The minimum Gasteiger partial charge on any atom is -0.480 e. The summed E-state index contributed by atoms with van der Waals surface area (Å²) in [6.07, 6.45) is 0.808. The van der Waals surface area contributed by atoms with E-state index < -0.39 is 5.97 Å². The Morgan fingerprint density at radius 1 is 1.37 bits per heavy atom. The quantitative estimate of drug-likeness (QED) is 0.857. The summed E-state index contributed by atoms with van der Waals surface area (Å²) in [5.41, 5.74) is 0.813. The molecule has 2 rings (SSSR count). The van der Waals surface area contributed by atoms with E-state index >= 15 is 0 Å². The molecule has 6 heteroatoms. The summed E-state index contributed by atoms with van der Waals surface area (Å²) in [6, 6.07) is 9.37. The molecule has 0 aliphatic rings. The minimum absolute atomic E-state index is 0.137. The lowest BCUT2D eigenvalue weighted by molar-refractivity contribution is -0.135. The van der Waals surface area contributed by atoms with Gasteiger partial charge in [0, 0.05) is 12.1 Å². The monoisotopic (exact) mass is 261 g/mol. The van der Waals surface area contributed by atoms with Crippen molar-refractivity contribution in [3.05, 3.63) is 30.3 Å². The molecule has 0 saturated carbocycles. The highest BCUT2D eigenvalue weighted by molar-refractivity contribution is 5.72. The van der Waals surface area contributed by atoms with Gasteiger partial charge in [0.15, 0.2) is 0 Å². The maximum absolute atomic E-state index is 10.8. The van der Waals surface area contributed by atoms with Gasteiger partial charge in [-0.15, -0.1) is 0 Å². The van der Waals surface area contributed by atoms with Crippen LogP contribution in [-0.4, -0.2) is 34.3 Å². The molecule has 0 spiro atoms. The summed E-state index contributed by atoms with van der Waals surface area (Å²) in [6.45, 7) is 2.40. The first kappa shape index (κ1) is 13.1. The van der Waals surface area contributed by atoms with Crippen molar-refractivity contribution in [1.82, 2.24) is 10.1 Å². The summed E-state index contributed by atoms with van der Waals surface area (Å²) >= 11 is 0. The smallest absolute Gasteiger partial charge is 0.323 e. The largest absolute Gasteiger partial charge is 0.480 e. The summed E-state index contributed by atoms with van der Waals surface area (Å²) in [5.74, 6) is -0.218. The third kappa shape index (κ3) is 3.31. The van der Waals surface area contributed by atoms with Crippen LogP contribution in [0.2, 0.25) is 0 Å². The maximum Gasteiger partial charge on any atom is 0.323 e. The first-order valence-corrected chi connectivity index (χ1v) is 6.06. The lowest BCUT2D eigenvalue weighted by Gasteiger charge is -2.16. The fraction of sp³-hybridized carbons (Fsp3) is 0.308. The van der Waals surface area contributed by atoms with E-state index in [1.807, 2.05) is 37.3 Å². The summed E-state index contributed by atoms with van der Waals surface area (Å²) in [4.78, 5) is 16.6. The Labute approximate surface area is 110 Å². The second kappa shape index (κ2) is 5.99. The van der Waals surface area contributed by atoms with Crippen LogP contribution in [0.15, 0.2) is 34.9 Å². The van der Waals surface area contributed by atoms with E-state index in [9.17, 15) is 4.79 Å². The summed E-state index contributed by atoms with van der Waals surface area (Å²) in [5, 5.41) is 12.7. The van der Waals surface area contributed by atoms with Crippen molar-refractivity contribution in [2.24, 2.45) is 0 Å². The molecule has 0 atom stereocenters. The van der Waals surface area contributed by atoms with Gasteiger partial charge in [0.2, 0.25) is 0 Å². The molecule has 6 nitrogen and oxygen atoms in total. The Bertz CT molecular complexity index is 539. The SMILES string of the molecule is CCCN(CC(=O)O)c1noc(-c2ccccc2)n1. The first-order valence-electron chi connectivity index (χ1n) is 6.06. The van der Waals surface area contributed by atoms with Crippen molar-refractivity contribution in [1.29, 1.82) is 0 Å². The van der Waals surface area contributed by atoms with Crippen LogP contribution in [0.4, 0.5) is 5.95 Å². The number of hydrogen-bond acceptors (Lipinski definition) is 5. The molecule has 2 aromatic rings. The zero-order valence-corrected chi connectivity index (χ0v) is 10.6. The number of carbonyl (C=O) groups is 1. The molecular formula is C13H15N3O3. The van der Waals surface area contributed by atoms with E-state index in [2.05, 4.69) is 10.1 Å². The second-order valence-corrected chi connectivity index (χ2v) is 4.08. The van der Waals surface area contributed by atoms with Gasteiger partial charge in [0.1, 0.15) is 6.54 Å². The second-order valence-electron chi connectivity index (χ2n) is 4.08. The molecule has 0 bridgehead atoms. The molecule has 1 aromatic carbocycles. The van der Waals surface area contributed by atoms with Gasteiger partial charge in [-0.1, -0.05) is 25.1 Å². The highest BCUT2D eigenvalue weighted by atomic mass is 16.5. The van der Waals surface area contributed by atoms with Crippen LogP contribution in [0.3, 0.4) is 0 Å². The molecule has 0 radical (unpaired) electrons. The number of benzene rings is 1. The number of aliphatic carboxylic acids is 1. The van der Waals surface area contributed by atoms with E-state index in [-0.39, 0.29) is 6.54 Å². The number of aromatic nitrogens is 2. The highest BCUT2D eigenvalue weighted by Gasteiger charge is 2.16. The van der Waals surface area contributed by atoms with Crippen molar-refractivity contribution >= 4 is 11.9 Å². The molecule has 100 valence electrons. The predicted molar refractivity (Wildman–Crippen MR) is 69.9 cm³/mol. The molecule has 1 heterocycles. The molecule has 0 unspecified atom stereocenters. The Balaban J connectivity index is 2.21. The van der Waals surface area contributed by atoms with Crippen molar-refractivity contribution in [2.75, 3.05) is 18.0 Å². The van der Waals surface area contributed by atoms with E-state index in [0.29, 0.717) is 18.4 Å². The lowest BCUT2D eigenvalue weighted by atomic mass is 10.2. The zero-order chi connectivity index (χ0) is 13.7. The topological polar surface area (TPSA) is 79.5 Å². The number of carboxylic acids is 1.